The summed E-state index contributed by atoms with van der Waals surface area (Å²) in [6.45, 7) is 0.217. The molecular weight excluding hydrogens is 345 g/mol. The van der Waals surface area contributed by atoms with Gasteiger partial charge in [0.15, 0.2) is 0 Å². The van der Waals surface area contributed by atoms with Gasteiger partial charge in [-0.1, -0.05) is 11.6 Å². The smallest absolute Gasteiger partial charge is 0.261 e. The Bertz CT molecular complexity index is 1120. The van der Waals surface area contributed by atoms with Crippen LogP contribution in [0.4, 0.5) is 4.39 Å². The predicted octanol–water partition coefficient (Wildman–Crippen LogP) is 3.89. The third kappa shape index (κ3) is 3.04. The lowest BCUT2D eigenvalue weighted by Gasteiger charge is -2.04. The van der Waals surface area contributed by atoms with Crippen molar-refractivity contribution in [3.8, 4) is 11.5 Å². The Balaban J connectivity index is 1.66. The van der Waals surface area contributed by atoms with Crippen LogP contribution < -0.4 is 5.56 Å². The first-order valence-corrected chi connectivity index (χ1v) is 7.83. The number of nitrogens with zero attached hydrogens (tertiary/aromatic N) is 3. The molecule has 2 aromatic carbocycles. The maximum absolute atomic E-state index is 13.0. The van der Waals surface area contributed by atoms with E-state index >= 15 is 0 Å². The highest BCUT2D eigenvalue weighted by atomic mass is 35.5. The largest absolute Gasteiger partial charge is 0.444 e. The van der Waals surface area contributed by atoms with Gasteiger partial charge in [-0.3, -0.25) is 9.36 Å². The van der Waals surface area contributed by atoms with Gasteiger partial charge >= 0.3 is 0 Å². The van der Waals surface area contributed by atoms with Gasteiger partial charge in [0.2, 0.25) is 5.89 Å². The SMILES string of the molecule is O=c1c2ccc(Cl)cc2ncn1Cc1coc(-c2ccc(F)cc2)n1. The van der Waals surface area contributed by atoms with E-state index in [1.807, 2.05) is 0 Å². The van der Waals surface area contributed by atoms with Crippen molar-refractivity contribution >= 4 is 22.5 Å². The standard InChI is InChI=1S/C18H11ClFN3O2/c19-12-3-6-15-16(7-12)21-10-23(18(15)24)8-14-9-25-17(22-14)11-1-4-13(20)5-2-11/h1-7,9-10H,8H2. The number of rotatable bonds is 3. The molecule has 0 amide bonds. The van der Waals surface area contributed by atoms with Gasteiger partial charge in [0.1, 0.15) is 12.1 Å². The van der Waals surface area contributed by atoms with E-state index in [0.29, 0.717) is 33.1 Å². The van der Waals surface area contributed by atoms with Crippen LogP contribution in [0, 0.1) is 5.82 Å². The van der Waals surface area contributed by atoms with E-state index < -0.39 is 0 Å². The van der Waals surface area contributed by atoms with Crippen molar-refractivity contribution < 1.29 is 8.81 Å². The van der Waals surface area contributed by atoms with Crippen molar-refractivity contribution in [3.05, 3.63) is 81.9 Å². The molecule has 124 valence electrons. The molecule has 0 aliphatic rings. The normalized spacial score (nSPS) is 11.1. The third-order valence-electron chi connectivity index (χ3n) is 3.76. The Morgan fingerprint density at radius 1 is 1.16 bits per heavy atom. The van der Waals surface area contributed by atoms with E-state index in [2.05, 4.69) is 9.97 Å². The van der Waals surface area contributed by atoms with Crippen LogP contribution in [-0.4, -0.2) is 14.5 Å². The molecule has 0 saturated carbocycles. The molecule has 0 spiro atoms. The fourth-order valence-corrected chi connectivity index (χ4v) is 2.69. The van der Waals surface area contributed by atoms with E-state index in [-0.39, 0.29) is 17.9 Å². The van der Waals surface area contributed by atoms with Gasteiger partial charge in [-0.2, -0.15) is 0 Å². The summed E-state index contributed by atoms with van der Waals surface area (Å²) in [6, 6.07) is 10.8. The van der Waals surface area contributed by atoms with Gasteiger partial charge < -0.3 is 4.42 Å². The Hall–Kier alpha value is -2.99. The number of oxazole rings is 1. The molecular formula is C18H11ClFN3O2. The minimum absolute atomic E-state index is 0.187. The number of benzene rings is 2. The zero-order valence-corrected chi connectivity index (χ0v) is 13.6. The van der Waals surface area contributed by atoms with Gasteiger partial charge in [-0.15, -0.1) is 0 Å². The van der Waals surface area contributed by atoms with Crippen molar-refractivity contribution in [2.75, 3.05) is 0 Å². The highest BCUT2D eigenvalue weighted by molar-refractivity contribution is 6.31. The monoisotopic (exact) mass is 355 g/mol. The summed E-state index contributed by atoms with van der Waals surface area (Å²) in [7, 11) is 0. The fraction of sp³-hybridized carbons (Fsp3) is 0.0556. The molecule has 25 heavy (non-hydrogen) atoms. The number of halogens is 2. The number of hydrogen-bond donors (Lipinski definition) is 0. The predicted molar refractivity (Wildman–Crippen MR) is 92.0 cm³/mol. The molecule has 2 heterocycles. The van der Waals surface area contributed by atoms with E-state index in [1.165, 1.54) is 29.3 Å². The molecule has 0 radical (unpaired) electrons. The first-order chi connectivity index (χ1) is 12.1. The van der Waals surface area contributed by atoms with Crippen molar-refractivity contribution in [3.63, 3.8) is 0 Å². The van der Waals surface area contributed by atoms with Crippen molar-refractivity contribution in [2.24, 2.45) is 0 Å². The summed E-state index contributed by atoms with van der Waals surface area (Å²) in [5.74, 6) is 0.0352. The summed E-state index contributed by atoms with van der Waals surface area (Å²) < 4.78 is 19.9. The summed E-state index contributed by atoms with van der Waals surface area (Å²) in [5, 5.41) is 1.01. The lowest BCUT2D eigenvalue weighted by Crippen LogP contribution is -2.21. The van der Waals surface area contributed by atoms with Crippen LogP contribution in [0.15, 0.2) is 64.3 Å². The van der Waals surface area contributed by atoms with Gasteiger partial charge in [0.25, 0.3) is 5.56 Å². The second-order valence-electron chi connectivity index (χ2n) is 5.49. The first-order valence-electron chi connectivity index (χ1n) is 7.45. The maximum atomic E-state index is 13.0. The fourth-order valence-electron chi connectivity index (χ4n) is 2.52. The molecule has 0 aliphatic carbocycles. The van der Waals surface area contributed by atoms with Crippen LogP contribution in [0.1, 0.15) is 5.69 Å². The topological polar surface area (TPSA) is 60.9 Å². The lowest BCUT2D eigenvalue weighted by molar-refractivity contribution is 0.570. The maximum Gasteiger partial charge on any atom is 0.261 e. The molecule has 2 aromatic heterocycles. The highest BCUT2D eigenvalue weighted by Gasteiger charge is 2.10. The van der Waals surface area contributed by atoms with Crippen LogP contribution in [-0.2, 0) is 6.54 Å². The minimum atomic E-state index is -0.329. The summed E-state index contributed by atoms with van der Waals surface area (Å²) in [4.78, 5) is 21.1. The number of aromatic nitrogens is 3. The van der Waals surface area contributed by atoms with Crippen LogP contribution >= 0.6 is 11.6 Å². The van der Waals surface area contributed by atoms with Crippen LogP contribution in [0.2, 0.25) is 5.02 Å². The average Bonchev–Trinajstić information content (AvgIpc) is 3.06. The Kier molecular flexibility index (Phi) is 3.82. The molecule has 4 rings (SSSR count). The molecule has 0 fully saturated rings. The molecule has 0 bridgehead atoms. The zero-order chi connectivity index (χ0) is 17.4. The van der Waals surface area contributed by atoms with E-state index in [4.69, 9.17) is 16.0 Å². The second-order valence-corrected chi connectivity index (χ2v) is 5.93. The molecule has 5 nitrogen and oxygen atoms in total. The quantitative estimate of drug-likeness (QED) is 0.559. The van der Waals surface area contributed by atoms with Gasteiger partial charge in [0.05, 0.1) is 29.5 Å². The summed E-state index contributed by atoms with van der Waals surface area (Å²) in [6.07, 6.45) is 2.92. The average molecular weight is 356 g/mol. The number of fused-ring (bicyclic) bond motifs is 1. The van der Waals surface area contributed by atoms with Crippen LogP contribution in [0.3, 0.4) is 0 Å². The molecule has 0 atom stereocenters. The summed E-state index contributed by atoms with van der Waals surface area (Å²) >= 11 is 5.92. The summed E-state index contributed by atoms with van der Waals surface area (Å²) in [5.41, 5.74) is 1.58. The van der Waals surface area contributed by atoms with Gasteiger partial charge in [0, 0.05) is 10.6 Å². The minimum Gasteiger partial charge on any atom is -0.444 e. The van der Waals surface area contributed by atoms with Gasteiger partial charge in [-0.05, 0) is 42.5 Å². The lowest BCUT2D eigenvalue weighted by atomic mass is 10.2. The molecule has 7 heteroatoms. The van der Waals surface area contributed by atoms with E-state index in [0.717, 1.165) is 0 Å². The van der Waals surface area contributed by atoms with Crippen LogP contribution in [0.25, 0.3) is 22.4 Å². The Morgan fingerprint density at radius 3 is 2.76 bits per heavy atom. The highest BCUT2D eigenvalue weighted by Crippen LogP contribution is 2.19. The van der Waals surface area contributed by atoms with E-state index in [9.17, 15) is 9.18 Å². The molecule has 4 aromatic rings. The van der Waals surface area contributed by atoms with Crippen molar-refractivity contribution in [1.82, 2.24) is 14.5 Å². The van der Waals surface area contributed by atoms with Crippen molar-refractivity contribution in [2.45, 2.75) is 6.54 Å². The molecule has 0 unspecified atom stereocenters. The second kappa shape index (κ2) is 6.14. The third-order valence-corrected chi connectivity index (χ3v) is 4.00. The first kappa shape index (κ1) is 15.5. The van der Waals surface area contributed by atoms with Crippen LogP contribution in [0.5, 0.6) is 0 Å². The van der Waals surface area contributed by atoms with Gasteiger partial charge in [-0.25, -0.2) is 14.4 Å². The van der Waals surface area contributed by atoms with Crippen molar-refractivity contribution in [1.29, 1.82) is 0 Å². The molecule has 0 saturated heterocycles. The molecule has 0 N–H and O–H groups in total. The molecule has 0 aliphatic heterocycles. The zero-order valence-electron chi connectivity index (χ0n) is 12.8. The van der Waals surface area contributed by atoms with E-state index in [1.54, 1.807) is 30.3 Å². The Morgan fingerprint density at radius 2 is 1.96 bits per heavy atom. The number of hydrogen-bond acceptors (Lipinski definition) is 4. The Labute approximate surface area is 146 Å².